The summed E-state index contributed by atoms with van der Waals surface area (Å²) in [7, 11) is -3.85. The first kappa shape index (κ1) is 22.1. The standard InChI is InChI=1S/C20H19ClN4O3S2/c1-2-17(29-15-6-4-3-5-7-15)20(26)22-14-8-10-16(11-9-14)30(27,28)25-19-13-12-18(21)23-24-19/h3-13,17H,2H2,1H3,(H,22,26)(H,24,25). The number of thioether (sulfide) groups is 1. The number of hydrogen-bond acceptors (Lipinski definition) is 6. The molecule has 3 aromatic rings. The molecule has 156 valence electrons. The first-order valence-corrected chi connectivity index (χ1v) is 11.8. The molecule has 0 radical (unpaired) electrons. The summed E-state index contributed by atoms with van der Waals surface area (Å²) >= 11 is 7.14. The van der Waals surface area contributed by atoms with E-state index in [2.05, 4.69) is 20.2 Å². The van der Waals surface area contributed by atoms with Crippen LogP contribution in [-0.4, -0.2) is 29.8 Å². The number of sulfonamides is 1. The van der Waals surface area contributed by atoms with Crippen molar-refractivity contribution in [2.45, 2.75) is 28.4 Å². The van der Waals surface area contributed by atoms with Crippen LogP contribution >= 0.6 is 23.4 Å². The van der Waals surface area contributed by atoms with Crippen molar-refractivity contribution in [2.24, 2.45) is 0 Å². The molecule has 0 fully saturated rings. The highest BCUT2D eigenvalue weighted by atomic mass is 35.5. The highest BCUT2D eigenvalue weighted by Crippen LogP contribution is 2.26. The lowest BCUT2D eigenvalue weighted by Crippen LogP contribution is -2.24. The second-order valence-electron chi connectivity index (χ2n) is 6.19. The molecule has 30 heavy (non-hydrogen) atoms. The van der Waals surface area contributed by atoms with Crippen molar-refractivity contribution in [1.29, 1.82) is 0 Å². The van der Waals surface area contributed by atoms with Crippen LogP contribution in [0.4, 0.5) is 11.5 Å². The van der Waals surface area contributed by atoms with Gasteiger partial charge >= 0.3 is 0 Å². The number of aromatic nitrogens is 2. The fraction of sp³-hybridized carbons (Fsp3) is 0.150. The highest BCUT2D eigenvalue weighted by molar-refractivity contribution is 8.00. The molecule has 2 aromatic carbocycles. The smallest absolute Gasteiger partial charge is 0.263 e. The van der Waals surface area contributed by atoms with Crippen molar-refractivity contribution >= 4 is 50.8 Å². The summed E-state index contributed by atoms with van der Waals surface area (Å²) < 4.78 is 27.3. The van der Waals surface area contributed by atoms with Crippen LogP contribution in [0.2, 0.25) is 5.15 Å². The van der Waals surface area contributed by atoms with Crippen molar-refractivity contribution in [3.05, 3.63) is 71.9 Å². The number of rotatable bonds is 8. The molecule has 0 aliphatic rings. The minimum absolute atomic E-state index is 0.0305. The van der Waals surface area contributed by atoms with Gasteiger partial charge < -0.3 is 5.32 Å². The predicted octanol–water partition coefficient (Wildman–Crippen LogP) is 4.44. The molecular formula is C20H19ClN4O3S2. The second kappa shape index (κ2) is 9.92. The van der Waals surface area contributed by atoms with Gasteiger partial charge in [-0.2, -0.15) is 0 Å². The maximum Gasteiger partial charge on any atom is 0.263 e. The summed E-state index contributed by atoms with van der Waals surface area (Å²) in [6.07, 6.45) is 0.657. The van der Waals surface area contributed by atoms with Gasteiger partial charge in [-0.15, -0.1) is 22.0 Å². The van der Waals surface area contributed by atoms with Crippen LogP contribution in [-0.2, 0) is 14.8 Å². The van der Waals surface area contributed by atoms with Gasteiger partial charge in [0.05, 0.1) is 10.1 Å². The zero-order valence-electron chi connectivity index (χ0n) is 15.9. The molecule has 0 aliphatic heterocycles. The third-order valence-corrected chi connectivity index (χ3v) is 6.94. The number of halogens is 1. The van der Waals surface area contributed by atoms with E-state index >= 15 is 0 Å². The van der Waals surface area contributed by atoms with Crippen molar-refractivity contribution in [3.63, 3.8) is 0 Å². The molecule has 1 aromatic heterocycles. The topological polar surface area (TPSA) is 101 Å². The van der Waals surface area contributed by atoms with E-state index in [-0.39, 0.29) is 27.0 Å². The molecule has 0 spiro atoms. The Kier molecular flexibility index (Phi) is 7.30. The fourth-order valence-corrected chi connectivity index (χ4v) is 4.57. The molecular weight excluding hydrogens is 444 g/mol. The number of nitrogens with zero attached hydrogens (tertiary/aromatic N) is 2. The number of amides is 1. The normalized spacial score (nSPS) is 12.2. The van der Waals surface area contributed by atoms with Crippen LogP contribution in [0, 0.1) is 0 Å². The number of hydrogen-bond donors (Lipinski definition) is 2. The van der Waals surface area contributed by atoms with E-state index in [1.165, 1.54) is 36.0 Å². The summed E-state index contributed by atoms with van der Waals surface area (Å²) in [6.45, 7) is 1.95. The highest BCUT2D eigenvalue weighted by Gasteiger charge is 2.19. The Balaban J connectivity index is 1.65. The lowest BCUT2D eigenvalue weighted by Gasteiger charge is -2.15. The monoisotopic (exact) mass is 462 g/mol. The van der Waals surface area contributed by atoms with Crippen LogP contribution in [0.25, 0.3) is 0 Å². The van der Waals surface area contributed by atoms with E-state index < -0.39 is 10.0 Å². The first-order valence-electron chi connectivity index (χ1n) is 9.02. The van der Waals surface area contributed by atoms with Gasteiger partial charge in [-0.3, -0.25) is 9.52 Å². The van der Waals surface area contributed by atoms with Gasteiger partial charge in [-0.1, -0.05) is 36.7 Å². The molecule has 10 heteroatoms. The number of benzene rings is 2. The first-order chi connectivity index (χ1) is 14.4. The van der Waals surface area contributed by atoms with Crippen molar-refractivity contribution in [3.8, 4) is 0 Å². The Bertz CT molecular complexity index is 1090. The molecule has 3 rings (SSSR count). The largest absolute Gasteiger partial charge is 0.325 e. The van der Waals surface area contributed by atoms with Crippen LogP contribution in [0.5, 0.6) is 0 Å². The van der Waals surface area contributed by atoms with Gasteiger partial charge in [0.25, 0.3) is 10.0 Å². The minimum atomic E-state index is -3.85. The Morgan fingerprint density at radius 3 is 2.33 bits per heavy atom. The summed E-state index contributed by atoms with van der Waals surface area (Å²) in [4.78, 5) is 13.7. The van der Waals surface area contributed by atoms with Crippen LogP contribution in [0.1, 0.15) is 13.3 Å². The molecule has 7 nitrogen and oxygen atoms in total. The Morgan fingerprint density at radius 1 is 1.03 bits per heavy atom. The Morgan fingerprint density at radius 2 is 1.73 bits per heavy atom. The molecule has 1 atom stereocenters. The average molecular weight is 463 g/mol. The molecule has 1 unspecified atom stereocenters. The molecule has 1 amide bonds. The maximum absolute atomic E-state index is 12.6. The van der Waals surface area contributed by atoms with Gasteiger partial charge in [-0.25, -0.2) is 8.42 Å². The third kappa shape index (κ3) is 5.94. The number of nitrogens with one attached hydrogen (secondary N) is 2. The van der Waals surface area contributed by atoms with E-state index in [1.807, 2.05) is 37.3 Å². The second-order valence-corrected chi connectivity index (χ2v) is 9.53. The summed E-state index contributed by atoms with van der Waals surface area (Å²) in [5.41, 5.74) is 0.511. The molecule has 1 heterocycles. The molecule has 0 saturated heterocycles. The molecule has 2 N–H and O–H groups in total. The average Bonchev–Trinajstić information content (AvgIpc) is 2.74. The van der Waals surface area contributed by atoms with Crippen LogP contribution in [0.3, 0.4) is 0 Å². The minimum Gasteiger partial charge on any atom is -0.325 e. The van der Waals surface area contributed by atoms with E-state index in [1.54, 1.807) is 12.1 Å². The number of anilines is 2. The fourth-order valence-electron chi connectivity index (χ4n) is 2.49. The van der Waals surface area contributed by atoms with E-state index in [9.17, 15) is 13.2 Å². The van der Waals surface area contributed by atoms with Gasteiger partial charge in [0.15, 0.2) is 11.0 Å². The zero-order chi connectivity index (χ0) is 21.6. The summed E-state index contributed by atoms with van der Waals surface area (Å²) in [5, 5.41) is 10.0. The van der Waals surface area contributed by atoms with Crippen molar-refractivity contribution < 1.29 is 13.2 Å². The number of carbonyl (C=O) groups excluding carboxylic acids is 1. The molecule has 0 saturated carbocycles. The summed E-state index contributed by atoms with van der Waals surface area (Å²) in [6, 6.07) is 18.4. The Hall–Kier alpha value is -2.62. The van der Waals surface area contributed by atoms with Crippen LogP contribution < -0.4 is 10.0 Å². The SMILES string of the molecule is CCC(Sc1ccccc1)C(=O)Nc1ccc(S(=O)(=O)Nc2ccc(Cl)nn2)cc1. The maximum atomic E-state index is 12.6. The van der Waals surface area contributed by atoms with Gasteiger partial charge in [0.1, 0.15) is 0 Å². The summed E-state index contributed by atoms with van der Waals surface area (Å²) in [5.74, 6) is -0.0861. The van der Waals surface area contributed by atoms with E-state index in [0.717, 1.165) is 4.90 Å². The quantitative estimate of drug-likeness (QED) is 0.480. The van der Waals surface area contributed by atoms with E-state index in [0.29, 0.717) is 12.1 Å². The number of carbonyl (C=O) groups is 1. The molecule has 0 bridgehead atoms. The van der Waals surface area contributed by atoms with Gasteiger partial charge in [-0.05, 0) is 55.0 Å². The van der Waals surface area contributed by atoms with Crippen molar-refractivity contribution in [1.82, 2.24) is 10.2 Å². The van der Waals surface area contributed by atoms with E-state index in [4.69, 9.17) is 11.6 Å². The predicted molar refractivity (Wildman–Crippen MR) is 119 cm³/mol. The third-order valence-electron chi connectivity index (χ3n) is 3.99. The van der Waals surface area contributed by atoms with Crippen molar-refractivity contribution in [2.75, 3.05) is 10.0 Å². The lowest BCUT2D eigenvalue weighted by atomic mass is 10.3. The Labute approximate surface area is 184 Å². The van der Waals surface area contributed by atoms with Gasteiger partial charge in [0, 0.05) is 10.6 Å². The van der Waals surface area contributed by atoms with Gasteiger partial charge in [0.2, 0.25) is 5.91 Å². The van der Waals surface area contributed by atoms with Crippen LogP contribution in [0.15, 0.2) is 76.5 Å². The molecule has 0 aliphatic carbocycles. The lowest BCUT2D eigenvalue weighted by molar-refractivity contribution is -0.115. The zero-order valence-corrected chi connectivity index (χ0v) is 18.3.